The van der Waals surface area contributed by atoms with Gasteiger partial charge in [-0.15, -0.1) is 11.3 Å². The van der Waals surface area contributed by atoms with E-state index in [1.165, 1.54) is 4.88 Å². The van der Waals surface area contributed by atoms with E-state index in [0.29, 0.717) is 5.56 Å². The van der Waals surface area contributed by atoms with Crippen molar-refractivity contribution >= 4 is 39.1 Å². The van der Waals surface area contributed by atoms with Gasteiger partial charge >= 0.3 is 0 Å². The molecular formula is C18H23BrN4OS. The van der Waals surface area contributed by atoms with E-state index >= 15 is 0 Å². The molecule has 7 heteroatoms. The minimum atomic E-state index is 0.0226. The van der Waals surface area contributed by atoms with Crippen LogP contribution in [-0.2, 0) is 13.0 Å². The van der Waals surface area contributed by atoms with Crippen molar-refractivity contribution < 1.29 is 4.79 Å². The molecule has 0 saturated heterocycles. The van der Waals surface area contributed by atoms with Gasteiger partial charge in [0.05, 0.1) is 6.54 Å². The third-order valence-electron chi connectivity index (χ3n) is 3.56. The zero-order chi connectivity index (χ0) is 18.2. The highest BCUT2D eigenvalue weighted by molar-refractivity contribution is 9.10. The van der Waals surface area contributed by atoms with Crippen molar-refractivity contribution in [1.29, 1.82) is 0 Å². The Kier molecular flexibility index (Phi) is 7.46. The van der Waals surface area contributed by atoms with E-state index in [2.05, 4.69) is 43.0 Å². The molecule has 2 N–H and O–H groups in total. The predicted octanol–water partition coefficient (Wildman–Crippen LogP) is 3.12. The molecule has 2 rings (SSSR count). The number of nitrogens with zero attached hydrogens (tertiary/aromatic N) is 2. The first-order valence-electron chi connectivity index (χ1n) is 7.97. The third-order valence-corrected chi connectivity index (χ3v) is 5.26. The normalized spacial score (nSPS) is 11.3. The molecule has 0 aliphatic heterocycles. The molecule has 0 bridgehead atoms. The van der Waals surface area contributed by atoms with Crippen molar-refractivity contribution in [2.75, 3.05) is 27.7 Å². The lowest BCUT2D eigenvalue weighted by atomic mass is 10.1. The van der Waals surface area contributed by atoms with Crippen molar-refractivity contribution in [3.05, 3.63) is 56.2 Å². The van der Waals surface area contributed by atoms with Crippen LogP contribution in [0.15, 0.2) is 45.2 Å². The fourth-order valence-corrected chi connectivity index (χ4v) is 3.67. The quantitative estimate of drug-likeness (QED) is 0.555. The van der Waals surface area contributed by atoms with E-state index in [1.807, 2.05) is 24.3 Å². The van der Waals surface area contributed by atoms with Gasteiger partial charge in [0, 0.05) is 48.0 Å². The van der Waals surface area contributed by atoms with Gasteiger partial charge in [-0.2, -0.15) is 0 Å². The van der Waals surface area contributed by atoms with E-state index in [9.17, 15) is 4.79 Å². The summed E-state index contributed by atoms with van der Waals surface area (Å²) in [5.41, 5.74) is 1.84. The first-order valence-corrected chi connectivity index (χ1v) is 9.65. The lowest BCUT2D eigenvalue weighted by Gasteiger charge is -2.13. The van der Waals surface area contributed by atoms with Crippen LogP contribution in [0.1, 0.15) is 20.8 Å². The highest BCUT2D eigenvalue weighted by Crippen LogP contribution is 2.19. The topological polar surface area (TPSA) is 56.7 Å². The van der Waals surface area contributed by atoms with E-state index in [0.717, 1.165) is 35.5 Å². The Morgan fingerprint density at radius 1 is 1.28 bits per heavy atom. The van der Waals surface area contributed by atoms with Gasteiger partial charge in [0.2, 0.25) is 0 Å². The van der Waals surface area contributed by atoms with Crippen LogP contribution in [0.3, 0.4) is 0 Å². The van der Waals surface area contributed by atoms with Crippen molar-refractivity contribution in [3.63, 3.8) is 0 Å². The highest BCUT2D eigenvalue weighted by atomic mass is 79.9. The molecule has 25 heavy (non-hydrogen) atoms. The molecule has 0 fully saturated rings. The molecule has 1 heterocycles. The fourth-order valence-electron chi connectivity index (χ4n) is 2.28. The molecule has 0 unspecified atom stereocenters. The summed E-state index contributed by atoms with van der Waals surface area (Å²) in [4.78, 5) is 19.1. The molecule has 0 radical (unpaired) electrons. The summed E-state index contributed by atoms with van der Waals surface area (Å²) >= 11 is 5.16. The molecule has 134 valence electrons. The maximum absolute atomic E-state index is 12.0. The molecule has 5 nitrogen and oxygen atoms in total. The van der Waals surface area contributed by atoms with E-state index in [1.54, 1.807) is 37.4 Å². The van der Waals surface area contributed by atoms with Gasteiger partial charge in [-0.3, -0.25) is 9.79 Å². The Balaban J connectivity index is 1.82. The first-order chi connectivity index (χ1) is 12.0. The van der Waals surface area contributed by atoms with Crippen LogP contribution >= 0.6 is 27.3 Å². The van der Waals surface area contributed by atoms with Crippen LogP contribution in [0, 0.1) is 0 Å². The predicted molar refractivity (Wildman–Crippen MR) is 108 cm³/mol. The van der Waals surface area contributed by atoms with Crippen LogP contribution < -0.4 is 10.6 Å². The summed E-state index contributed by atoms with van der Waals surface area (Å²) in [5.74, 6) is 0.791. The van der Waals surface area contributed by atoms with Crippen LogP contribution in [0.5, 0.6) is 0 Å². The Hall–Kier alpha value is -1.86. The average Bonchev–Trinajstić information content (AvgIpc) is 3.02. The molecule has 1 aromatic carbocycles. The van der Waals surface area contributed by atoms with Gasteiger partial charge in [0.1, 0.15) is 0 Å². The van der Waals surface area contributed by atoms with Crippen molar-refractivity contribution in [2.24, 2.45) is 4.99 Å². The summed E-state index contributed by atoms with van der Waals surface area (Å²) < 4.78 is 1.10. The number of amides is 1. The van der Waals surface area contributed by atoms with Gasteiger partial charge in [0.25, 0.3) is 5.91 Å². The van der Waals surface area contributed by atoms with Gasteiger partial charge in [-0.1, -0.05) is 12.1 Å². The lowest BCUT2D eigenvalue weighted by molar-refractivity contribution is 0.0827. The number of nitrogens with one attached hydrogen (secondary N) is 2. The maximum Gasteiger partial charge on any atom is 0.253 e. The smallest absolute Gasteiger partial charge is 0.253 e. The van der Waals surface area contributed by atoms with Crippen LogP contribution in [-0.4, -0.2) is 44.5 Å². The number of halogens is 1. The molecule has 1 aromatic heterocycles. The molecule has 0 spiro atoms. The van der Waals surface area contributed by atoms with Gasteiger partial charge < -0.3 is 15.5 Å². The van der Waals surface area contributed by atoms with Crippen LogP contribution in [0.25, 0.3) is 0 Å². The number of benzene rings is 1. The van der Waals surface area contributed by atoms with E-state index in [4.69, 9.17) is 0 Å². The van der Waals surface area contributed by atoms with E-state index < -0.39 is 0 Å². The van der Waals surface area contributed by atoms with Crippen LogP contribution in [0.4, 0.5) is 0 Å². The zero-order valence-electron chi connectivity index (χ0n) is 14.7. The summed E-state index contributed by atoms with van der Waals surface area (Å²) in [7, 11) is 5.28. The average molecular weight is 423 g/mol. The van der Waals surface area contributed by atoms with Crippen molar-refractivity contribution in [3.8, 4) is 0 Å². The highest BCUT2D eigenvalue weighted by Gasteiger charge is 2.08. The van der Waals surface area contributed by atoms with Gasteiger partial charge in [-0.25, -0.2) is 0 Å². The molecule has 2 aromatic rings. The minimum absolute atomic E-state index is 0.0226. The second kappa shape index (κ2) is 9.58. The fraction of sp³-hybridized carbons (Fsp3) is 0.333. The Labute approximate surface area is 161 Å². The molecule has 0 aliphatic carbocycles. The molecule has 1 amide bonds. The Morgan fingerprint density at radius 3 is 2.72 bits per heavy atom. The third kappa shape index (κ3) is 6.17. The standard InChI is InChI=1S/C18H23BrN4OS/c1-20-18(22-11-16-10-15(19)12-25-16)21-8-7-13-5-4-6-14(9-13)17(24)23(2)3/h4-6,9-10,12H,7-8,11H2,1-3H3,(H2,20,21,22). The lowest BCUT2D eigenvalue weighted by Crippen LogP contribution is -2.37. The van der Waals surface area contributed by atoms with Crippen molar-refractivity contribution in [2.45, 2.75) is 13.0 Å². The second-order valence-corrected chi connectivity index (χ2v) is 7.65. The minimum Gasteiger partial charge on any atom is -0.356 e. The summed E-state index contributed by atoms with van der Waals surface area (Å²) in [6, 6.07) is 9.85. The number of guanidine groups is 1. The number of carbonyl (C=O) groups is 1. The number of hydrogen-bond acceptors (Lipinski definition) is 3. The summed E-state index contributed by atoms with van der Waals surface area (Å²) in [5, 5.41) is 8.67. The van der Waals surface area contributed by atoms with Crippen molar-refractivity contribution in [1.82, 2.24) is 15.5 Å². The zero-order valence-corrected chi connectivity index (χ0v) is 17.1. The summed E-state index contributed by atoms with van der Waals surface area (Å²) in [6.07, 6.45) is 0.819. The number of carbonyl (C=O) groups excluding carboxylic acids is 1. The molecule has 0 saturated carbocycles. The maximum atomic E-state index is 12.0. The Morgan fingerprint density at radius 2 is 2.08 bits per heavy atom. The number of aliphatic imine (C=N–C) groups is 1. The monoisotopic (exact) mass is 422 g/mol. The number of thiophene rings is 1. The molecule has 0 aliphatic rings. The SMILES string of the molecule is CN=C(NCCc1cccc(C(=O)N(C)C)c1)NCc1cc(Br)cs1. The van der Waals surface area contributed by atoms with E-state index in [-0.39, 0.29) is 5.91 Å². The number of hydrogen-bond donors (Lipinski definition) is 2. The largest absolute Gasteiger partial charge is 0.356 e. The molecule has 0 atom stereocenters. The van der Waals surface area contributed by atoms with Gasteiger partial charge in [-0.05, 0) is 46.1 Å². The van der Waals surface area contributed by atoms with Gasteiger partial charge in [0.15, 0.2) is 5.96 Å². The number of rotatable bonds is 6. The van der Waals surface area contributed by atoms with Crippen LogP contribution in [0.2, 0.25) is 0 Å². The second-order valence-electron chi connectivity index (χ2n) is 5.73. The first kappa shape index (κ1) is 19.5. The summed E-state index contributed by atoms with van der Waals surface area (Å²) in [6.45, 7) is 1.48. The molecular weight excluding hydrogens is 400 g/mol. The Bertz CT molecular complexity index is 742.